The Morgan fingerprint density at radius 2 is 1.93 bits per heavy atom. The molecule has 30 heavy (non-hydrogen) atoms. The zero-order valence-corrected chi connectivity index (χ0v) is 17.6. The van der Waals surface area contributed by atoms with E-state index in [4.69, 9.17) is 16.3 Å². The van der Waals surface area contributed by atoms with Gasteiger partial charge in [-0.1, -0.05) is 12.1 Å². The number of hydrogen-bond donors (Lipinski definition) is 0. The van der Waals surface area contributed by atoms with E-state index in [2.05, 4.69) is 9.97 Å². The second-order valence-corrected chi connectivity index (χ2v) is 10.1. The van der Waals surface area contributed by atoms with Gasteiger partial charge in [0, 0.05) is 12.6 Å². The molecule has 1 atom stereocenters. The van der Waals surface area contributed by atoms with Crippen molar-refractivity contribution in [3.63, 3.8) is 0 Å². The lowest BCUT2D eigenvalue weighted by atomic mass is 10.2. The number of ether oxygens (including phenoxy) is 1. The van der Waals surface area contributed by atoms with Gasteiger partial charge >= 0.3 is 6.18 Å². The van der Waals surface area contributed by atoms with Crippen LogP contribution in [-0.4, -0.2) is 44.2 Å². The smallest absolute Gasteiger partial charge is 0.377 e. The molecule has 0 spiro atoms. The fraction of sp³-hybridized carbons (Fsp3) is 0.474. The Morgan fingerprint density at radius 1 is 1.23 bits per heavy atom. The minimum atomic E-state index is -4.79. The third-order valence-corrected chi connectivity index (χ3v) is 8.26. The first-order valence-electron chi connectivity index (χ1n) is 9.36. The number of sulfone groups is 1. The van der Waals surface area contributed by atoms with Gasteiger partial charge in [0.15, 0.2) is 9.84 Å². The van der Waals surface area contributed by atoms with Crippen LogP contribution >= 0.6 is 11.6 Å². The highest BCUT2D eigenvalue weighted by atomic mass is 35.5. The predicted molar refractivity (Wildman–Crippen MR) is 104 cm³/mol. The van der Waals surface area contributed by atoms with Gasteiger partial charge in [-0.2, -0.15) is 13.2 Å². The van der Waals surface area contributed by atoms with Crippen molar-refractivity contribution in [3.05, 3.63) is 46.9 Å². The Kier molecular flexibility index (Phi) is 5.22. The van der Waals surface area contributed by atoms with E-state index in [0.29, 0.717) is 25.6 Å². The van der Waals surface area contributed by atoms with Crippen LogP contribution in [0, 0.1) is 0 Å². The molecule has 0 N–H and O–H groups in total. The lowest BCUT2D eigenvalue weighted by Crippen LogP contribution is -2.44. The number of morpholine rings is 1. The molecule has 0 unspecified atom stereocenters. The Hall–Kier alpha value is -1.91. The second-order valence-electron chi connectivity index (χ2n) is 7.49. The maximum absolute atomic E-state index is 13.5. The van der Waals surface area contributed by atoms with Gasteiger partial charge < -0.3 is 9.64 Å². The van der Waals surface area contributed by atoms with Crippen LogP contribution in [0.15, 0.2) is 35.2 Å². The molecular formula is C19H19ClF3N3O3S. The van der Waals surface area contributed by atoms with E-state index in [1.807, 2.05) is 11.8 Å². The first kappa shape index (κ1) is 21.3. The third kappa shape index (κ3) is 3.54. The molecule has 162 valence electrons. The monoisotopic (exact) mass is 461 g/mol. The van der Waals surface area contributed by atoms with Gasteiger partial charge in [-0.05, 0) is 43.5 Å². The first-order valence-corrected chi connectivity index (χ1v) is 11.2. The van der Waals surface area contributed by atoms with Crippen molar-refractivity contribution in [2.75, 3.05) is 24.7 Å². The molecule has 2 aliphatic rings. The normalized spacial score (nSPS) is 21.5. The van der Waals surface area contributed by atoms with Gasteiger partial charge in [-0.15, -0.1) is 0 Å². The number of nitrogens with zero attached hydrogens (tertiary/aromatic N) is 3. The average molecular weight is 462 g/mol. The van der Waals surface area contributed by atoms with E-state index in [1.54, 1.807) is 0 Å². The topological polar surface area (TPSA) is 72.4 Å². The maximum atomic E-state index is 13.5. The van der Waals surface area contributed by atoms with Crippen LogP contribution in [-0.2, 0) is 25.5 Å². The van der Waals surface area contributed by atoms with Gasteiger partial charge in [0.2, 0.25) is 5.28 Å². The van der Waals surface area contributed by atoms with Crippen molar-refractivity contribution in [1.82, 2.24) is 9.97 Å². The Balaban J connectivity index is 1.80. The quantitative estimate of drug-likeness (QED) is 0.644. The number of halogens is 4. The number of rotatable bonds is 4. The number of aromatic nitrogens is 2. The molecule has 6 nitrogen and oxygen atoms in total. The van der Waals surface area contributed by atoms with Gasteiger partial charge in [-0.3, -0.25) is 0 Å². The molecule has 1 saturated carbocycles. The molecule has 1 aliphatic heterocycles. The van der Waals surface area contributed by atoms with E-state index in [-0.39, 0.29) is 29.9 Å². The van der Waals surface area contributed by atoms with Crippen LogP contribution in [0.5, 0.6) is 0 Å². The Labute approximate surface area is 176 Å². The van der Waals surface area contributed by atoms with Gasteiger partial charge in [0.05, 0.1) is 35.4 Å². The second kappa shape index (κ2) is 7.35. The van der Waals surface area contributed by atoms with Gasteiger partial charge in [0.25, 0.3) is 0 Å². The van der Waals surface area contributed by atoms with E-state index in [1.165, 1.54) is 18.2 Å². The number of alkyl halides is 3. The summed E-state index contributed by atoms with van der Waals surface area (Å²) < 4.78 is 71.1. The summed E-state index contributed by atoms with van der Waals surface area (Å²) in [5.41, 5.74) is -1.06. The minimum Gasteiger partial charge on any atom is -0.377 e. The summed E-state index contributed by atoms with van der Waals surface area (Å²) in [5, 5.41) is -0.147. The lowest BCUT2D eigenvalue weighted by Gasteiger charge is -2.34. The summed E-state index contributed by atoms with van der Waals surface area (Å²) in [6, 6.07) is 5.72. The number of hydrogen-bond acceptors (Lipinski definition) is 6. The zero-order valence-electron chi connectivity index (χ0n) is 16.0. The summed E-state index contributed by atoms with van der Waals surface area (Å²) in [6.45, 7) is 3.41. The van der Waals surface area contributed by atoms with Gasteiger partial charge in [-0.25, -0.2) is 18.4 Å². The first-order chi connectivity index (χ1) is 14.1. The molecule has 11 heteroatoms. The lowest BCUT2D eigenvalue weighted by molar-refractivity contribution is -0.139. The third-order valence-electron chi connectivity index (χ3n) is 5.51. The van der Waals surface area contributed by atoms with E-state index in [9.17, 15) is 21.6 Å². The predicted octanol–water partition coefficient (Wildman–Crippen LogP) is 3.84. The van der Waals surface area contributed by atoms with Crippen LogP contribution in [0.4, 0.5) is 19.0 Å². The van der Waals surface area contributed by atoms with Crippen molar-refractivity contribution >= 4 is 27.3 Å². The maximum Gasteiger partial charge on any atom is 0.417 e. The average Bonchev–Trinajstić information content (AvgIpc) is 3.50. The summed E-state index contributed by atoms with van der Waals surface area (Å²) in [7, 11) is -4.38. The van der Waals surface area contributed by atoms with E-state index < -0.39 is 31.2 Å². The largest absolute Gasteiger partial charge is 0.417 e. The van der Waals surface area contributed by atoms with Crippen LogP contribution in [0.25, 0.3) is 0 Å². The molecule has 4 rings (SSSR count). The summed E-state index contributed by atoms with van der Waals surface area (Å²) in [4.78, 5) is 9.50. The van der Waals surface area contributed by atoms with Crippen LogP contribution in [0.2, 0.25) is 5.28 Å². The molecule has 2 fully saturated rings. The molecule has 1 aromatic carbocycles. The summed E-state index contributed by atoms with van der Waals surface area (Å²) in [5.74, 6) is 0.436. The van der Waals surface area contributed by atoms with Crippen molar-refractivity contribution in [3.8, 4) is 0 Å². The minimum absolute atomic E-state index is 0.0183. The molecule has 0 radical (unpaired) electrons. The van der Waals surface area contributed by atoms with Crippen LogP contribution < -0.4 is 4.90 Å². The zero-order chi connectivity index (χ0) is 21.7. The summed E-state index contributed by atoms with van der Waals surface area (Å²) >= 11 is 6.10. The molecule has 1 aromatic heterocycles. The molecule has 2 aromatic rings. The highest BCUT2D eigenvalue weighted by Gasteiger charge is 2.59. The Morgan fingerprint density at radius 3 is 2.57 bits per heavy atom. The highest BCUT2D eigenvalue weighted by Crippen LogP contribution is 2.56. The van der Waals surface area contributed by atoms with Crippen LogP contribution in [0.1, 0.15) is 31.0 Å². The number of benzene rings is 1. The summed E-state index contributed by atoms with van der Waals surface area (Å²) in [6.07, 6.45) is -4.47. The fourth-order valence-corrected chi connectivity index (χ4v) is 6.12. The van der Waals surface area contributed by atoms with Crippen molar-refractivity contribution in [2.24, 2.45) is 0 Å². The molecule has 0 bridgehead atoms. The molecule has 2 heterocycles. The van der Waals surface area contributed by atoms with Crippen LogP contribution in [0.3, 0.4) is 0 Å². The van der Waals surface area contributed by atoms with E-state index >= 15 is 0 Å². The molecular weight excluding hydrogens is 443 g/mol. The Bertz CT molecular complexity index is 1070. The number of anilines is 1. The fourth-order valence-electron chi connectivity index (χ4n) is 3.78. The highest BCUT2D eigenvalue weighted by molar-refractivity contribution is 7.92. The van der Waals surface area contributed by atoms with Crippen molar-refractivity contribution < 1.29 is 26.3 Å². The molecule has 1 aliphatic carbocycles. The van der Waals surface area contributed by atoms with Crippen molar-refractivity contribution in [2.45, 2.75) is 41.6 Å². The SMILES string of the molecule is C[C@H]1COCCN1c1cc(C2(S(=O)(=O)c3ccccc3C(F)(F)F)CC2)nc(Cl)n1. The standard InChI is InChI=1S/C19H19ClF3N3O3S/c1-12-11-29-9-8-26(12)16-10-15(24-17(20)25-16)18(6-7-18)30(27,28)14-5-3-2-4-13(14)19(21,22)23/h2-5,10,12H,6-9,11H2,1H3/t12-/m0/s1. The molecule has 0 amide bonds. The van der Waals surface area contributed by atoms with Crippen molar-refractivity contribution in [1.29, 1.82) is 0 Å². The van der Waals surface area contributed by atoms with Gasteiger partial charge in [0.1, 0.15) is 10.6 Å². The molecule has 1 saturated heterocycles. The van der Waals surface area contributed by atoms with E-state index in [0.717, 1.165) is 12.1 Å².